The summed E-state index contributed by atoms with van der Waals surface area (Å²) in [6.45, 7) is 1.73. The van der Waals surface area contributed by atoms with Gasteiger partial charge in [0.25, 0.3) is 0 Å². The van der Waals surface area contributed by atoms with Crippen molar-refractivity contribution in [3.63, 3.8) is 0 Å². The van der Waals surface area contributed by atoms with Crippen LogP contribution in [0.4, 0.5) is 4.39 Å². The Labute approximate surface area is 96.4 Å². The summed E-state index contributed by atoms with van der Waals surface area (Å²) in [7, 11) is 1.72. The van der Waals surface area contributed by atoms with Crippen molar-refractivity contribution in [3.8, 4) is 0 Å². The van der Waals surface area contributed by atoms with Crippen LogP contribution in [-0.2, 0) is 7.05 Å². The van der Waals surface area contributed by atoms with E-state index in [0.717, 1.165) is 25.9 Å². The Morgan fingerprint density at radius 3 is 3.00 bits per heavy atom. The van der Waals surface area contributed by atoms with Crippen molar-refractivity contribution in [3.05, 3.63) is 10.3 Å². The molecule has 1 saturated heterocycles. The molecule has 1 fully saturated rings. The largest absolute Gasteiger partial charge is 0.316 e. The van der Waals surface area contributed by atoms with E-state index in [1.54, 1.807) is 7.05 Å². The molecule has 1 N–H and O–H groups in total. The summed E-state index contributed by atoms with van der Waals surface area (Å²) in [6.07, 6.45) is 0.965. The van der Waals surface area contributed by atoms with Crippen LogP contribution in [0.3, 0.4) is 0 Å². The van der Waals surface area contributed by atoms with E-state index in [2.05, 4.69) is 31.6 Å². The van der Waals surface area contributed by atoms with E-state index >= 15 is 0 Å². The Morgan fingerprint density at radius 1 is 1.67 bits per heavy atom. The quantitative estimate of drug-likeness (QED) is 0.892. The number of rotatable bonds is 2. The molecule has 4 nitrogen and oxygen atoms in total. The fraction of sp³-hybridized carbons (Fsp3) is 0.778. The van der Waals surface area contributed by atoms with E-state index in [1.807, 2.05) is 0 Å². The summed E-state index contributed by atoms with van der Waals surface area (Å²) in [5, 5.41) is 10.8. The normalized spacial score (nSPS) is 24.1. The average molecular weight is 277 g/mol. The van der Waals surface area contributed by atoms with Crippen LogP contribution in [-0.4, -0.2) is 28.1 Å². The minimum Gasteiger partial charge on any atom is -0.316 e. The van der Waals surface area contributed by atoms with Gasteiger partial charge in [-0.05, 0) is 35.3 Å². The standard InChI is InChI=1S/C9H14BrFN4/c1-15-8(9(10)13-14-15)7(11)6-3-2-4-12-5-6/h6-7,12H,2-5H2,1H3. The van der Waals surface area contributed by atoms with E-state index in [0.29, 0.717) is 10.3 Å². The Morgan fingerprint density at radius 2 is 2.47 bits per heavy atom. The zero-order valence-electron chi connectivity index (χ0n) is 8.58. The Kier molecular flexibility index (Phi) is 3.35. The van der Waals surface area contributed by atoms with Crippen LogP contribution in [0.15, 0.2) is 4.60 Å². The average Bonchev–Trinajstić information content (AvgIpc) is 2.59. The fourth-order valence-corrected chi connectivity index (χ4v) is 2.53. The van der Waals surface area contributed by atoms with Gasteiger partial charge in [0.2, 0.25) is 0 Å². The maximum Gasteiger partial charge on any atom is 0.154 e. The molecule has 2 atom stereocenters. The minimum atomic E-state index is -0.993. The third-order valence-electron chi connectivity index (χ3n) is 2.84. The molecule has 6 heteroatoms. The number of nitrogens with zero attached hydrogens (tertiary/aromatic N) is 3. The van der Waals surface area contributed by atoms with Crippen LogP contribution in [0, 0.1) is 5.92 Å². The van der Waals surface area contributed by atoms with E-state index < -0.39 is 6.17 Å². The van der Waals surface area contributed by atoms with Gasteiger partial charge in [-0.1, -0.05) is 5.21 Å². The van der Waals surface area contributed by atoms with Gasteiger partial charge in [0, 0.05) is 19.5 Å². The summed E-state index contributed by atoms with van der Waals surface area (Å²) in [6, 6.07) is 0. The molecule has 1 aliphatic heterocycles. The molecule has 1 aromatic heterocycles. The van der Waals surface area contributed by atoms with Crippen molar-refractivity contribution in [2.75, 3.05) is 13.1 Å². The lowest BCUT2D eigenvalue weighted by atomic mass is 9.93. The zero-order chi connectivity index (χ0) is 10.8. The van der Waals surface area contributed by atoms with Gasteiger partial charge in [0.05, 0.1) is 0 Å². The van der Waals surface area contributed by atoms with E-state index in [4.69, 9.17) is 0 Å². The topological polar surface area (TPSA) is 42.7 Å². The summed E-state index contributed by atoms with van der Waals surface area (Å²) < 4.78 is 16.2. The number of alkyl halides is 1. The first-order valence-electron chi connectivity index (χ1n) is 5.10. The predicted molar refractivity (Wildman–Crippen MR) is 58.1 cm³/mol. The summed E-state index contributed by atoms with van der Waals surface area (Å²) in [5.74, 6) is 0.0345. The molecule has 0 saturated carbocycles. The first-order chi connectivity index (χ1) is 7.20. The monoisotopic (exact) mass is 276 g/mol. The van der Waals surface area contributed by atoms with Crippen LogP contribution < -0.4 is 5.32 Å². The molecule has 2 unspecified atom stereocenters. The molecule has 0 bridgehead atoms. The molecule has 0 amide bonds. The van der Waals surface area contributed by atoms with E-state index in [1.165, 1.54) is 4.68 Å². The van der Waals surface area contributed by atoms with Gasteiger partial charge in [-0.25, -0.2) is 9.07 Å². The van der Waals surface area contributed by atoms with Gasteiger partial charge < -0.3 is 5.32 Å². The van der Waals surface area contributed by atoms with E-state index in [-0.39, 0.29) is 5.92 Å². The highest BCUT2D eigenvalue weighted by molar-refractivity contribution is 9.10. The second-order valence-electron chi connectivity index (χ2n) is 3.90. The van der Waals surface area contributed by atoms with Crippen LogP contribution >= 0.6 is 15.9 Å². The highest BCUT2D eigenvalue weighted by Gasteiger charge is 2.29. The van der Waals surface area contributed by atoms with Gasteiger partial charge in [-0.3, -0.25) is 0 Å². The molecule has 0 radical (unpaired) electrons. The fourth-order valence-electron chi connectivity index (χ4n) is 1.98. The third-order valence-corrected chi connectivity index (χ3v) is 3.40. The van der Waals surface area contributed by atoms with Crippen molar-refractivity contribution >= 4 is 15.9 Å². The van der Waals surface area contributed by atoms with Gasteiger partial charge >= 0.3 is 0 Å². The van der Waals surface area contributed by atoms with Crippen LogP contribution in [0.5, 0.6) is 0 Å². The molecule has 0 aromatic carbocycles. The molecule has 15 heavy (non-hydrogen) atoms. The van der Waals surface area contributed by atoms with E-state index in [9.17, 15) is 4.39 Å². The SMILES string of the molecule is Cn1nnc(Br)c1C(F)C1CCCNC1. The lowest BCUT2D eigenvalue weighted by Gasteiger charge is -2.25. The van der Waals surface area contributed by atoms with Crippen LogP contribution in [0.2, 0.25) is 0 Å². The number of aromatic nitrogens is 3. The molecule has 2 rings (SSSR count). The van der Waals surface area contributed by atoms with Crippen molar-refractivity contribution in [1.29, 1.82) is 0 Å². The molecular weight excluding hydrogens is 263 g/mol. The van der Waals surface area contributed by atoms with Crippen molar-refractivity contribution in [2.45, 2.75) is 19.0 Å². The van der Waals surface area contributed by atoms with Crippen molar-refractivity contribution < 1.29 is 4.39 Å². The molecule has 1 aromatic rings. The lowest BCUT2D eigenvalue weighted by Crippen LogP contribution is -2.32. The second kappa shape index (κ2) is 4.57. The second-order valence-corrected chi connectivity index (χ2v) is 4.65. The molecule has 2 heterocycles. The highest BCUT2D eigenvalue weighted by Crippen LogP contribution is 2.33. The summed E-state index contributed by atoms with van der Waals surface area (Å²) in [4.78, 5) is 0. The molecule has 84 valence electrons. The number of halogens is 2. The maximum absolute atomic E-state index is 14.2. The highest BCUT2D eigenvalue weighted by atomic mass is 79.9. The molecule has 0 spiro atoms. The molecule has 1 aliphatic rings. The number of hydrogen-bond acceptors (Lipinski definition) is 3. The third kappa shape index (κ3) is 2.20. The maximum atomic E-state index is 14.2. The predicted octanol–water partition coefficient (Wildman–Crippen LogP) is 1.59. The minimum absolute atomic E-state index is 0.0345. The van der Waals surface area contributed by atoms with Crippen LogP contribution in [0.1, 0.15) is 24.7 Å². The van der Waals surface area contributed by atoms with Gasteiger partial charge in [0.15, 0.2) is 4.60 Å². The summed E-state index contributed by atoms with van der Waals surface area (Å²) >= 11 is 3.23. The zero-order valence-corrected chi connectivity index (χ0v) is 10.2. The first kappa shape index (κ1) is 11.0. The van der Waals surface area contributed by atoms with Crippen LogP contribution in [0.25, 0.3) is 0 Å². The Bertz CT molecular complexity index is 315. The van der Waals surface area contributed by atoms with Gasteiger partial charge in [-0.15, -0.1) is 5.10 Å². The first-order valence-corrected chi connectivity index (χ1v) is 5.89. The smallest absolute Gasteiger partial charge is 0.154 e. The van der Waals surface area contributed by atoms with Crippen molar-refractivity contribution in [2.24, 2.45) is 13.0 Å². The Hall–Kier alpha value is -0.490. The number of aryl methyl sites for hydroxylation is 1. The molecular formula is C9H14BrFN4. The number of nitrogens with one attached hydrogen (secondary N) is 1. The number of hydrogen-bond donors (Lipinski definition) is 1. The van der Waals surface area contributed by atoms with Crippen molar-refractivity contribution in [1.82, 2.24) is 20.3 Å². The van der Waals surface area contributed by atoms with Gasteiger partial charge in [0.1, 0.15) is 11.9 Å². The number of piperidine rings is 1. The summed E-state index contributed by atoms with van der Waals surface area (Å²) in [5.41, 5.74) is 0.545. The molecule has 0 aliphatic carbocycles. The van der Waals surface area contributed by atoms with Gasteiger partial charge in [-0.2, -0.15) is 0 Å². The lowest BCUT2D eigenvalue weighted by molar-refractivity contribution is 0.184. The Balaban J connectivity index is 2.15.